The van der Waals surface area contributed by atoms with E-state index in [0.29, 0.717) is 29.0 Å². The monoisotopic (exact) mass is 507 g/mol. The first-order chi connectivity index (χ1) is 16.5. The SMILES string of the molecule is CCc1ccc(S(=O)(=O)N(CC)c2ccc(OCc3ccc(C(F)(F)F)cc3)cc2)cc1C(=O)O. The third-order valence-corrected chi connectivity index (χ3v) is 7.28. The van der Waals surface area contributed by atoms with Crippen LogP contribution in [0, 0.1) is 0 Å². The fourth-order valence-corrected chi connectivity index (χ4v) is 5.01. The van der Waals surface area contributed by atoms with E-state index < -0.39 is 27.7 Å². The highest BCUT2D eigenvalue weighted by Crippen LogP contribution is 2.30. The van der Waals surface area contributed by atoms with Crippen LogP contribution in [0.5, 0.6) is 5.75 Å². The molecule has 0 aliphatic heterocycles. The number of anilines is 1. The van der Waals surface area contributed by atoms with Crippen molar-refractivity contribution in [2.45, 2.75) is 37.9 Å². The quantitative estimate of drug-likeness (QED) is 0.398. The Hall–Kier alpha value is -3.53. The van der Waals surface area contributed by atoms with Gasteiger partial charge in [0.15, 0.2) is 0 Å². The average molecular weight is 508 g/mol. The third kappa shape index (κ3) is 5.94. The Balaban J connectivity index is 1.77. The summed E-state index contributed by atoms with van der Waals surface area (Å²) in [6, 6.07) is 14.9. The van der Waals surface area contributed by atoms with Gasteiger partial charge in [0.05, 0.1) is 21.7 Å². The summed E-state index contributed by atoms with van der Waals surface area (Å²) >= 11 is 0. The number of benzene rings is 3. The molecular weight excluding hydrogens is 483 g/mol. The van der Waals surface area contributed by atoms with E-state index in [1.165, 1.54) is 30.3 Å². The third-order valence-electron chi connectivity index (χ3n) is 5.38. The molecule has 0 saturated heterocycles. The molecule has 0 atom stereocenters. The highest BCUT2D eigenvalue weighted by Gasteiger charge is 2.30. The van der Waals surface area contributed by atoms with Gasteiger partial charge in [-0.15, -0.1) is 0 Å². The normalized spacial score (nSPS) is 11.8. The molecule has 0 aliphatic rings. The van der Waals surface area contributed by atoms with Crippen molar-refractivity contribution in [3.8, 4) is 5.75 Å². The molecule has 0 saturated carbocycles. The molecule has 186 valence electrons. The van der Waals surface area contributed by atoms with E-state index in [9.17, 15) is 31.5 Å². The number of carbonyl (C=O) groups is 1. The lowest BCUT2D eigenvalue weighted by molar-refractivity contribution is -0.137. The molecule has 0 radical (unpaired) electrons. The van der Waals surface area contributed by atoms with E-state index in [1.807, 2.05) is 0 Å². The van der Waals surface area contributed by atoms with Crippen molar-refractivity contribution in [2.75, 3.05) is 10.8 Å². The molecule has 10 heteroatoms. The molecule has 0 aromatic heterocycles. The Bertz CT molecular complexity index is 1290. The van der Waals surface area contributed by atoms with Crippen LogP contribution < -0.4 is 9.04 Å². The van der Waals surface area contributed by atoms with Crippen LogP contribution in [0.3, 0.4) is 0 Å². The van der Waals surface area contributed by atoms with Crippen LogP contribution in [0.1, 0.15) is 40.9 Å². The molecule has 0 bridgehead atoms. The molecule has 0 fully saturated rings. The second-order valence-corrected chi connectivity index (χ2v) is 9.49. The number of hydrogen-bond donors (Lipinski definition) is 1. The fourth-order valence-electron chi connectivity index (χ4n) is 3.51. The van der Waals surface area contributed by atoms with E-state index in [4.69, 9.17) is 4.74 Å². The van der Waals surface area contributed by atoms with E-state index >= 15 is 0 Å². The summed E-state index contributed by atoms with van der Waals surface area (Å²) in [6.07, 6.45) is -3.96. The van der Waals surface area contributed by atoms with Gasteiger partial charge in [0.1, 0.15) is 12.4 Å². The zero-order valence-electron chi connectivity index (χ0n) is 19.0. The van der Waals surface area contributed by atoms with E-state index in [-0.39, 0.29) is 23.6 Å². The van der Waals surface area contributed by atoms with Crippen molar-refractivity contribution in [1.82, 2.24) is 0 Å². The molecule has 0 unspecified atom stereocenters. The number of alkyl halides is 3. The maximum Gasteiger partial charge on any atom is 0.416 e. The van der Waals surface area contributed by atoms with Crippen LogP contribution in [0.25, 0.3) is 0 Å². The van der Waals surface area contributed by atoms with Crippen LogP contribution in [-0.4, -0.2) is 26.0 Å². The van der Waals surface area contributed by atoms with Crippen LogP contribution in [-0.2, 0) is 29.2 Å². The number of carboxylic acids is 1. The first-order valence-electron chi connectivity index (χ1n) is 10.7. The number of hydrogen-bond acceptors (Lipinski definition) is 4. The predicted octanol–water partition coefficient (Wildman–Crippen LogP) is 5.76. The molecule has 0 amide bonds. The van der Waals surface area contributed by atoms with Gasteiger partial charge < -0.3 is 9.84 Å². The summed E-state index contributed by atoms with van der Waals surface area (Å²) in [5, 5.41) is 9.44. The minimum Gasteiger partial charge on any atom is -0.489 e. The first-order valence-corrected chi connectivity index (χ1v) is 12.2. The van der Waals surface area contributed by atoms with Crippen LogP contribution in [0.4, 0.5) is 18.9 Å². The summed E-state index contributed by atoms with van der Waals surface area (Å²) in [6.45, 7) is 3.58. The van der Waals surface area contributed by atoms with Crippen molar-refractivity contribution in [1.29, 1.82) is 0 Å². The van der Waals surface area contributed by atoms with Crippen molar-refractivity contribution in [3.05, 3.63) is 89.0 Å². The topological polar surface area (TPSA) is 83.9 Å². The lowest BCUT2D eigenvalue weighted by Gasteiger charge is -2.23. The average Bonchev–Trinajstić information content (AvgIpc) is 2.83. The largest absolute Gasteiger partial charge is 0.489 e. The molecule has 6 nitrogen and oxygen atoms in total. The molecule has 1 N–H and O–H groups in total. The molecule has 35 heavy (non-hydrogen) atoms. The highest BCUT2D eigenvalue weighted by molar-refractivity contribution is 7.92. The van der Waals surface area contributed by atoms with Crippen molar-refractivity contribution < 1.29 is 36.2 Å². The molecule has 0 aliphatic carbocycles. The van der Waals surface area contributed by atoms with Gasteiger partial charge in [-0.25, -0.2) is 13.2 Å². The minimum atomic E-state index is -4.41. The smallest absolute Gasteiger partial charge is 0.416 e. The summed E-state index contributed by atoms with van der Waals surface area (Å²) in [5.74, 6) is -0.793. The van der Waals surface area contributed by atoms with Crippen molar-refractivity contribution >= 4 is 21.7 Å². The Morgan fingerprint density at radius 2 is 1.60 bits per heavy atom. The van der Waals surface area contributed by atoms with Gasteiger partial charge in [-0.05, 0) is 73.0 Å². The number of rotatable bonds is 9. The number of sulfonamides is 1. The van der Waals surface area contributed by atoms with Crippen LogP contribution >= 0.6 is 0 Å². The summed E-state index contributed by atoms with van der Waals surface area (Å²) in [5.41, 5.74) is 0.632. The number of nitrogens with zero attached hydrogens (tertiary/aromatic N) is 1. The second-order valence-electron chi connectivity index (χ2n) is 7.62. The number of carboxylic acid groups (broad SMARTS) is 1. The summed E-state index contributed by atoms with van der Waals surface area (Å²) in [4.78, 5) is 11.4. The fraction of sp³-hybridized carbons (Fsp3) is 0.240. The molecule has 0 spiro atoms. The van der Waals surface area contributed by atoms with Gasteiger partial charge >= 0.3 is 12.1 Å². The Labute approximate surface area is 201 Å². The van der Waals surface area contributed by atoms with Gasteiger partial charge in [-0.2, -0.15) is 13.2 Å². The summed E-state index contributed by atoms with van der Waals surface area (Å²) < 4.78 is 71.3. The lowest BCUT2D eigenvalue weighted by atomic mass is 10.1. The summed E-state index contributed by atoms with van der Waals surface area (Å²) in [7, 11) is -4.03. The van der Waals surface area contributed by atoms with Crippen molar-refractivity contribution in [2.24, 2.45) is 0 Å². The van der Waals surface area contributed by atoms with E-state index in [0.717, 1.165) is 16.4 Å². The molecular formula is C25H24F3NO5S. The Morgan fingerprint density at radius 1 is 0.971 bits per heavy atom. The maximum absolute atomic E-state index is 13.3. The van der Waals surface area contributed by atoms with Gasteiger partial charge in [0, 0.05) is 6.54 Å². The van der Waals surface area contributed by atoms with Crippen LogP contribution in [0.15, 0.2) is 71.6 Å². The zero-order valence-corrected chi connectivity index (χ0v) is 19.9. The first kappa shape index (κ1) is 26.1. The number of ether oxygens (including phenoxy) is 1. The maximum atomic E-state index is 13.3. The molecule has 3 aromatic rings. The zero-order chi connectivity index (χ0) is 25.8. The minimum absolute atomic E-state index is 0.0367. The number of aromatic carboxylic acids is 1. The molecule has 0 heterocycles. The number of aryl methyl sites for hydroxylation is 1. The Kier molecular flexibility index (Phi) is 7.74. The number of halogens is 3. The second kappa shape index (κ2) is 10.4. The van der Waals surface area contributed by atoms with Gasteiger partial charge in [0.2, 0.25) is 0 Å². The predicted molar refractivity (Wildman–Crippen MR) is 125 cm³/mol. The highest BCUT2D eigenvalue weighted by atomic mass is 32.2. The van der Waals surface area contributed by atoms with Crippen molar-refractivity contribution in [3.63, 3.8) is 0 Å². The van der Waals surface area contributed by atoms with E-state index in [2.05, 4.69) is 0 Å². The Morgan fingerprint density at radius 3 is 2.11 bits per heavy atom. The molecule has 3 aromatic carbocycles. The van der Waals surface area contributed by atoms with Gasteiger partial charge in [0.25, 0.3) is 10.0 Å². The molecule has 3 rings (SSSR count). The van der Waals surface area contributed by atoms with Crippen LogP contribution in [0.2, 0.25) is 0 Å². The lowest BCUT2D eigenvalue weighted by Crippen LogP contribution is -2.31. The van der Waals surface area contributed by atoms with Gasteiger partial charge in [-0.3, -0.25) is 4.31 Å². The standard InChI is InChI=1S/C25H24F3NO5S/c1-3-18-7-14-22(15-23(18)24(30)31)35(32,33)29(4-2)20-10-12-21(13-11-20)34-16-17-5-8-19(9-6-17)25(26,27)28/h5-15H,3-4,16H2,1-2H3,(H,30,31). The van der Waals surface area contributed by atoms with E-state index in [1.54, 1.807) is 38.1 Å². The van der Waals surface area contributed by atoms with Gasteiger partial charge in [-0.1, -0.05) is 25.1 Å².